The van der Waals surface area contributed by atoms with Gasteiger partial charge in [0.2, 0.25) is 18.2 Å². The van der Waals surface area contributed by atoms with Crippen molar-refractivity contribution >= 4 is 42.5 Å². The van der Waals surface area contributed by atoms with Crippen molar-refractivity contribution < 1.29 is 48.1 Å². The highest BCUT2D eigenvalue weighted by atomic mass is 16.5. The molecule has 15 heteroatoms. The van der Waals surface area contributed by atoms with Gasteiger partial charge in [0.05, 0.1) is 43.5 Å². The highest BCUT2D eigenvalue weighted by molar-refractivity contribution is 5.89. The van der Waals surface area contributed by atoms with Gasteiger partial charge in [-0.2, -0.15) is 0 Å². The normalized spacial score (nSPS) is 16.6. The van der Waals surface area contributed by atoms with Crippen molar-refractivity contribution in [2.75, 3.05) is 46.1 Å². The van der Waals surface area contributed by atoms with E-state index in [1.54, 1.807) is 34.6 Å². The van der Waals surface area contributed by atoms with E-state index in [9.17, 15) is 33.6 Å². The van der Waals surface area contributed by atoms with Gasteiger partial charge in [-0.05, 0) is 65.7 Å². The largest absolute Gasteiger partial charge is 0.481 e. The molecule has 2 unspecified atom stereocenters. The summed E-state index contributed by atoms with van der Waals surface area (Å²) in [7, 11) is 0. The molecule has 1 aliphatic carbocycles. The van der Waals surface area contributed by atoms with E-state index in [1.165, 1.54) is 32.1 Å². The fraction of sp³-hybridized carbons (Fsp3) is 0.816. The Hall–Kier alpha value is -3.27. The van der Waals surface area contributed by atoms with Gasteiger partial charge in [-0.1, -0.05) is 52.9 Å². The molecule has 1 fully saturated rings. The lowest BCUT2D eigenvalue weighted by molar-refractivity contribution is -0.137. The van der Waals surface area contributed by atoms with Crippen molar-refractivity contribution in [1.82, 2.24) is 26.6 Å². The summed E-state index contributed by atoms with van der Waals surface area (Å²) in [5.74, 6) is 0.650. The Labute approximate surface area is 317 Å². The lowest BCUT2D eigenvalue weighted by Crippen LogP contribution is -2.51. The van der Waals surface area contributed by atoms with Crippen LogP contribution in [0.4, 0.5) is 0 Å². The van der Waals surface area contributed by atoms with Crippen LogP contribution in [-0.2, 0) is 43.0 Å². The first kappa shape index (κ1) is 51.8. The number of ketones is 1. The summed E-state index contributed by atoms with van der Waals surface area (Å²) in [6.07, 6.45) is 10.7. The van der Waals surface area contributed by atoms with Gasteiger partial charge in [-0.15, -0.1) is 0 Å². The molecule has 6 N–H and O–H groups in total. The number of carboxylic acid groups (broad SMARTS) is 1. The van der Waals surface area contributed by atoms with Crippen LogP contribution in [0.3, 0.4) is 0 Å². The minimum absolute atomic E-state index is 0.00882. The molecule has 0 aromatic heterocycles. The average molecular weight is 758 g/mol. The van der Waals surface area contributed by atoms with Crippen LogP contribution in [-0.4, -0.2) is 117 Å². The minimum atomic E-state index is -0.910. The third-order valence-corrected chi connectivity index (χ3v) is 8.73. The number of aldehydes is 2. The van der Waals surface area contributed by atoms with E-state index in [4.69, 9.17) is 14.6 Å². The van der Waals surface area contributed by atoms with E-state index in [1.807, 2.05) is 6.92 Å². The van der Waals surface area contributed by atoms with Crippen molar-refractivity contribution in [2.24, 2.45) is 11.8 Å². The number of nitrogens with one attached hydrogen (secondary N) is 5. The van der Waals surface area contributed by atoms with Crippen molar-refractivity contribution in [2.45, 2.75) is 143 Å². The molecular weight excluding hydrogens is 686 g/mol. The highest BCUT2D eigenvalue weighted by Gasteiger charge is 2.27. The highest BCUT2D eigenvalue weighted by Crippen LogP contribution is 2.29. The first-order chi connectivity index (χ1) is 25.0. The van der Waals surface area contributed by atoms with E-state index in [-0.39, 0.29) is 56.1 Å². The number of ether oxygens (including phenoxy) is 2. The van der Waals surface area contributed by atoms with E-state index in [0.717, 1.165) is 24.5 Å². The van der Waals surface area contributed by atoms with Gasteiger partial charge in [-0.25, -0.2) is 0 Å². The molecule has 308 valence electrons. The summed E-state index contributed by atoms with van der Waals surface area (Å²) in [4.78, 5) is 76.8. The molecule has 1 saturated carbocycles. The third kappa shape index (κ3) is 30.9. The SMILES string of the molecule is CC(CCC(=O)O)NC(=O)CCC(C=O)NC=O.CCC1CCC(C)CC1.CCCNC(=O)CNC(C)(C)C(=O)COCCOCCNC(C)(C)C=O. The van der Waals surface area contributed by atoms with Crippen molar-refractivity contribution in [1.29, 1.82) is 0 Å². The predicted molar refractivity (Wildman–Crippen MR) is 204 cm³/mol. The second kappa shape index (κ2) is 31.1. The first-order valence-corrected chi connectivity index (χ1v) is 19.0. The maximum atomic E-state index is 12.2. The molecule has 0 bridgehead atoms. The summed E-state index contributed by atoms with van der Waals surface area (Å²) in [6.45, 7) is 17.8. The molecule has 0 aromatic carbocycles. The van der Waals surface area contributed by atoms with E-state index < -0.39 is 23.1 Å². The Balaban J connectivity index is 0. The van der Waals surface area contributed by atoms with Crippen LogP contribution >= 0.6 is 0 Å². The molecule has 2 atom stereocenters. The monoisotopic (exact) mass is 758 g/mol. The van der Waals surface area contributed by atoms with E-state index in [2.05, 4.69) is 40.4 Å². The van der Waals surface area contributed by atoms with Crippen molar-refractivity contribution in [3.05, 3.63) is 0 Å². The van der Waals surface area contributed by atoms with E-state index in [0.29, 0.717) is 52.0 Å². The Bertz CT molecular complexity index is 1050. The second-order valence-electron chi connectivity index (χ2n) is 14.7. The maximum Gasteiger partial charge on any atom is 0.303 e. The number of amides is 3. The molecule has 0 aromatic rings. The van der Waals surface area contributed by atoms with Crippen LogP contribution < -0.4 is 26.6 Å². The van der Waals surface area contributed by atoms with Crippen LogP contribution in [0.25, 0.3) is 0 Å². The third-order valence-electron chi connectivity index (χ3n) is 8.73. The summed E-state index contributed by atoms with van der Waals surface area (Å²) >= 11 is 0. The number of Topliss-reactive ketones (excluding diaryl/α,β-unsaturated/α-hetero) is 1. The molecule has 0 spiro atoms. The Morgan fingerprint density at radius 2 is 1.49 bits per heavy atom. The summed E-state index contributed by atoms with van der Waals surface area (Å²) < 4.78 is 10.7. The van der Waals surface area contributed by atoms with Gasteiger partial charge in [0.1, 0.15) is 19.2 Å². The molecule has 15 nitrogen and oxygen atoms in total. The summed E-state index contributed by atoms with van der Waals surface area (Å²) in [6, 6.07) is -0.898. The van der Waals surface area contributed by atoms with Crippen LogP contribution in [0.2, 0.25) is 0 Å². The number of hydrogen-bond acceptors (Lipinski definition) is 11. The Morgan fingerprint density at radius 1 is 0.849 bits per heavy atom. The molecule has 53 heavy (non-hydrogen) atoms. The zero-order valence-corrected chi connectivity index (χ0v) is 33.7. The molecule has 0 aliphatic heterocycles. The zero-order chi connectivity index (χ0) is 40.7. The van der Waals surface area contributed by atoms with Crippen molar-refractivity contribution in [3.63, 3.8) is 0 Å². The molecule has 1 aliphatic rings. The maximum absolute atomic E-state index is 12.2. The number of rotatable bonds is 27. The Morgan fingerprint density at radius 3 is 2.04 bits per heavy atom. The standard InChI is InChI=1S/C18H35N3O5.C11H18N2O5.C9H18/c1-6-7-19-16(24)12-21-18(4,5)15(23)13-26-11-10-25-9-8-20-17(2,3)14-22;1-8(2-5-11(17)18)13-10(16)4-3-9(6-14)12-7-15;1-3-9-6-4-8(2)5-7-9/h14,20-21H,6-13H2,1-5H3,(H,19,24);6-9H,2-5H2,1H3,(H,12,15)(H,13,16)(H,17,18);8-9H,3-7H2,1-2H3. The summed E-state index contributed by atoms with van der Waals surface area (Å²) in [5.41, 5.74) is -1.40. The quantitative estimate of drug-likeness (QED) is 0.0527. The van der Waals surface area contributed by atoms with Crippen molar-refractivity contribution in [3.8, 4) is 0 Å². The fourth-order valence-corrected chi connectivity index (χ4v) is 4.84. The second-order valence-corrected chi connectivity index (χ2v) is 14.7. The van der Waals surface area contributed by atoms with Crippen LogP contribution in [0.1, 0.15) is 120 Å². The van der Waals surface area contributed by atoms with Gasteiger partial charge in [-0.3, -0.25) is 29.3 Å². The predicted octanol–water partition coefficient (Wildman–Crippen LogP) is 2.72. The number of carbonyl (C=O) groups is 7. The summed E-state index contributed by atoms with van der Waals surface area (Å²) in [5, 5.41) is 22.1. The van der Waals surface area contributed by atoms with Crippen LogP contribution in [0, 0.1) is 11.8 Å². The molecule has 0 radical (unpaired) electrons. The van der Waals surface area contributed by atoms with Gasteiger partial charge in [0, 0.05) is 32.0 Å². The Kier molecular flexibility index (Phi) is 30.4. The lowest BCUT2D eigenvalue weighted by Gasteiger charge is -2.24. The number of carboxylic acids is 1. The molecule has 3 amide bonds. The van der Waals surface area contributed by atoms with E-state index >= 15 is 0 Å². The van der Waals surface area contributed by atoms with Gasteiger partial charge in [0.25, 0.3) is 0 Å². The molecular formula is C38H71N5O10. The van der Waals surface area contributed by atoms with Crippen LogP contribution in [0.15, 0.2) is 0 Å². The average Bonchev–Trinajstić information content (AvgIpc) is 3.12. The first-order valence-electron chi connectivity index (χ1n) is 19.0. The smallest absolute Gasteiger partial charge is 0.303 e. The van der Waals surface area contributed by atoms with Gasteiger partial charge in [0.15, 0.2) is 5.78 Å². The van der Waals surface area contributed by atoms with Crippen LogP contribution in [0.5, 0.6) is 0 Å². The zero-order valence-electron chi connectivity index (χ0n) is 33.7. The number of aliphatic carboxylic acids is 1. The lowest BCUT2D eigenvalue weighted by atomic mass is 9.82. The fourth-order valence-electron chi connectivity index (χ4n) is 4.84. The number of hydrogen-bond donors (Lipinski definition) is 6. The minimum Gasteiger partial charge on any atom is -0.481 e. The molecule has 0 heterocycles. The molecule has 0 saturated heterocycles. The molecule has 1 rings (SSSR count). The number of carbonyl (C=O) groups excluding carboxylic acids is 6. The topological polar surface area (TPSA) is 218 Å². The van der Waals surface area contributed by atoms with Gasteiger partial charge >= 0.3 is 5.97 Å². The van der Waals surface area contributed by atoms with Gasteiger partial charge < -0.3 is 45.4 Å².